The molecule has 0 radical (unpaired) electrons. The van der Waals surface area contributed by atoms with E-state index in [9.17, 15) is 28.0 Å². The van der Waals surface area contributed by atoms with Gasteiger partial charge in [-0.3, -0.25) is 14.2 Å². The van der Waals surface area contributed by atoms with E-state index in [1.807, 2.05) is 6.07 Å². The molecule has 3 aromatic rings. The summed E-state index contributed by atoms with van der Waals surface area (Å²) in [4.78, 5) is 27.9. The Hall–Kier alpha value is -3.72. The summed E-state index contributed by atoms with van der Waals surface area (Å²) in [6.07, 6.45) is -3.46. The van der Waals surface area contributed by atoms with Gasteiger partial charge in [-0.05, 0) is 36.3 Å². The van der Waals surface area contributed by atoms with Crippen molar-refractivity contribution in [3.8, 4) is 11.8 Å². The average molecular weight is 544 g/mol. The maximum absolute atomic E-state index is 13.6. The molecular formula is C27H26F3N4O3S+. The maximum atomic E-state index is 13.6. The van der Waals surface area contributed by atoms with E-state index in [0.717, 1.165) is 36.6 Å². The third-order valence-corrected chi connectivity index (χ3v) is 7.34. The number of amides is 1. The minimum absolute atomic E-state index is 0.0294. The highest BCUT2D eigenvalue weighted by Crippen LogP contribution is 2.32. The predicted molar refractivity (Wildman–Crippen MR) is 137 cm³/mol. The number of para-hydroxylation sites is 1. The number of nitrogens with zero attached hydrogens (tertiary/aromatic N) is 2. The molecule has 2 heterocycles. The van der Waals surface area contributed by atoms with E-state index in [2.05, 4.69) is 5.32 Å². The summed E-state index contributed by atoms with van der Waals surface area (Å²) < 4.78 is 47.4. The Kier molecular flexibility index (Phi) is 8.46. The number of nitrogens with one attached hydrogen (secondary N) is 2. The maximum Gasteiger partial charge on any atom is 0.416 e. The fraction of sp³-hybridized carbons (Fsp3) is 0.296. The minimum Gasteiger partial charge on any atom is -0.370 e. The highest BCUT2D eigenvalue weighted by atomic mass is 32.1. The smallest absolute Gasteiger partial charge is 0.370 e. The second-order valence-corrected chi connectivity index (χ2v) is 9.81. The number of nitriles is 1. The van der Waals surface area contributed by atoms with Gasteiger partial charge < -0.3 is 15.0 Å². The van der Waals surface area contributed by atoms with Crippen LogP contribution in [0.5, 0.6) is 0 Å². The Morgan fingerprint density at radius 3 is 2.55 bits per heavy atom. The second-order valence-electron chi connectivity index (χ2n) is 8.78. The van der Waals surface area contributed by atoms with Crippen LogP contribution in [0.3, 0.4) is 0 Å². The zero-order chi connectivity index (χ0) is 27.3. The van der Waals surface area contributed by atoms with Crippen molar-refractivity contribution in [3.05, 3.63) is 84.8 Å². The van der Waals surface area contributed by atoms with Gasteiger partial charge in [0.15, 0.2) is 5.57 Å². The zero-order valence-electron chi connectivity index (χ0n) is 20.6. The van der Waals surface area contributed by atoms with Gasteiger partial charge in [0.25, 0.3) is 11.5 Å². The first-order valence-corrected chi connectivity index (χ1v) is 12.8. The molecule has 2 N–H and O–H groups in total. The lowest BCUT2D eigenvalue weighted by Gasteiger charge is -2.23. The fourth-order valence-corrected chi connectivity index (χ4v) is 5.34. The Labute approximate surface area is 220 Å². The molecule has 0 spiro atoms. The lowest BCUT2D eigenvalue weighted by molar-refractivity contribution is -0.906. The molecule has 1 amide bonds. The number of rotatable bonds is 6. The molecule has 7 nitrogen and oxygen atoms in total. The molecule has 1 fully saturated rings. The average Bonchev–Trinajstić information content (AvgIpc) is 3.20. The monoisotopic (exact) mass is 543 g/mol. The minimum atomic E-state index is -4.62. The van der Waals surface area contributed by atoms with Crippen molar-refractivity contribution < 1.29 is 27.6 Å². The van der Waals surface area contributed by atoms with Crippen molar-refractivity contribution in [3.63, 3.8) is 0 Å². The molecule has 0 saturated carbocycles. The van der Waals surface area contributed by atoms with Crippen molar-refractivity contribution in [2.75, 3.05) is 39.4 Å². The molecule has 1 aromatic heterocycles. The van der Waals surface area contributed by atoms with Crippen molar-refractivity contribution in [1.29, 1.82) is 5.26 Å². The molecule has 1 saturated heterocycles. The number of benzene rings is 2. The van der Waals surface area contributed by atoms with E-state index in [0.29, 0.717) is 37.6 Å². The molecule has 0 aliphatic carbocycles. The van der Waals surface area contributed by atoms with Crippen LogP contribution in [-0.4, -0.2) is 49.9 Å². The van der Waals surface area contributed by atoms with Gasteiger partial charge in [0.05, 0.1) is 42.1 Å². The number of ether oxygens (including phenoxy) is 1. The first-order valence-electron chi connectivity index (χ1n) is 12.0. The highest BCUT2D eigenvalue weighted by Gasteiger charge is 2.32. The van der Waals surface area contributed by atoms with E-state index < -0.39 is 23.2 Å². The van der Waals surface area contributed by atoms with Crippen LogP contribution in [-0.2, 0) is 15.7 Å². The van der Waals surface area contributed by atoms with Crippen LogP contribution < -0.4 is 25.0 Å². The van der Waals surface area contributed by atoms with E-state index in [1.165, 1.54) is 27.7 Å². The summed E-state index contributed by atoms with van der Waals surface area (Å²) in [7, 11) is 0. The van der Waals surface area contributed by atoms with Crippen LogP contribution in [0.15, 0.2) is 53.3 Å². The van der Waals surface area contributed by atoms with Crippen LogP contribution in [0, 0.1) is 18.3 Å². The van der Waals surface area contributed by atoms with Gasteiger partial charge in [0.1, 0.15) is 23.8 Å². The van der Waals surface area contributed by atoms with Crippen molar-refractivity contribution in [2.45, 2.75) is 13.1 Å². The molecule has 0 unspecified atom stereocenters. The van der Waals surface area contributed by atoms with Crippen LogP contribution in [0.4, 0.5) is 13.2 Å². The first kappa shape index (κ1) is 27.3. The van der Waals surface area contributed by atoms with Gasteiger partial charge >= 0.3 is 6.18 Å². The number of thiazole rings is 1. The highest BCUT2D eigenvalue weighted by molar-refractivity contribution is 7.07. The largest absolute Gasteiger partial charge is 0.416 e. The molecule has 198 valence electrons. The van der Waals surface area contributed by atoms with E-state index in [4.69, 9.17) is 4.74 Å². The van der Waals surface area contributed by atoms with Gasteiger partial charge in [0.2, 0.25) is 0 Å². The molecule has 4 rings (SSSR count). The lowest BCUT2D eigenvalue weighted by atomic mass is 10.1. The summed E-state index contributed by atoms with van der Waals surface area (Å²) in [6.45, 7) is 5.67. The standard InChI is InChI=1S/C27H25F3N4O3S/c1-18-6-2-5-9-22(18)34-25(36)23(16-19-7-3-4-8-21(19)27(28,29)30)38-26(34)20(17-31)24(35)32-10-11-33-12-14-37-15-13-33/h2-9,16H,10-15H2,1H3,(H,32,35)/p+1/b23-16-,26-20-. The first-order chi connectivity index (χ1) is 18.2. The van der Waals surface area contributed by atoms with Crippen molar-refractivity contribution in [2.24, 2.45) is 0 Å². The van der Waals surface area contributed by atoms with Crippen LogP contribution in [0.1, 0.15) is 16.7 Å². The molecule has 2 aromatic carbocycles. The Bertz CT molecular complexity index is 1550. The molecule has 11 heteroatoms. The van der Waals surface area contributed by atoms with Crippen LogP contribution >= 0.6 is 11.3 Å². The SMILES string of the molecule is Cc1ccccc1-n1c(=O)/c(=C/c2ccccc2C(F)(F)F)s/c1=C(/C#N)C(=O)NCC[NH+]1CCOCC1. The topological polar surface area (TPSA) is 88.6 Å². The number of alkyl halides is 3. The van der Waals surface area contributed by atoms with Gasteiger partial charge in [-0.15, -0.1) is 11.3 Å². The summed E-state index contributed by atoms with van der Waals surface area (Å²) in [6, 6.07) is 13.8. The number of halogens is 3. The third kappa shape index (κ3) is 6.05. The van der Waals surface area contributed by atoms with E-state index in [1.54, 1.807) is 31.2 Å². The van der Waals surface area contributed by atoms with E-state index in [-0.39, 0.29) is 20.3 Å². The Morgan fingerprint density at radius 2 is 1.87 bits per heavy atom. The zero-order valence-corrected chi connectivity index (χ0v) is 21.4. The summed E-state index contributed by atoms with van der Waals surface area (Å²) in [5, 5.41) is 12.7. The second kappa shape index (κ2) is 11.8. The molecular weight excluding hydrogens is 517 g/mol. The molecule has 1 aliphatic heterocycles. The number of morpholine rings is 1. The molecule has 0 atom stereocenters. The number of carbonyl (C=O) groups excluding carboxylic acids is 1. The van der Waals surface area contributed by atoms with Gasteiger partial charge in [-0.2, -0.15) is 18.4 Å². The number of hydrogen-bond acceptors (Lipinski definition) is 5. The molecule has 0 bridgehead atoms. The molecule has 1 aliphatic rings. The van der Waals surface area contributed by atoms with Gasteiger partial charge in [-0.1, -0.05) is 36.4 Å². The normalized spacial score (nSPS) is 15.7. The lowest BCUT2D eigenvalue weighted by Crippen LogP contribution is -3.14. The van der Waals surface area contributed by atoms with Crippen LogP contribution in [0.25, 0.3) is 17.3 Å². The Balaban J connectivity index is 1.84. The summed E-state index contributed by atoms with van der Waals surface area (Å²) >= 11 is 0.812. The number of hydrogen-bond donors (Lipinski definition) is 2. The summed E-state index contributed by atoms with van der Waals surface area (Å²) in [5.41, 5.74) is -0.830. The summed E-state index contributed by atoms with van der Waals surface area (Å²) in [5.74, 6) is -0.647. The number of aromatic nitrogens is 1. The third-order valence-electron chi connectivity index (χ3n) is 6.25. The fourth-order valence-electron chi connectivity index (χ4n) is 4.25. The van der Waals surface area contributed by atoms with Crippen LogP contribution in [0.2, 0.25) is 0 Å². The van der Waals surface area contributed by atoms with Gasteiger partial charge in [0, 0.05) is 0 Å². The molecule has 38 heavy (non-hydrogen) atoms. The number of carbonyl (C=O) groups is 1. The Morgan fingerprint density at radius 1 is 1.18 bits per heavy atom. The van der Waals surface area contributed by atoms with Gasteiger partial charge in [-0.25, -0.2) is 0 Å². The quantitative estimate of drug-likeness (QED) is 0.481. The van der Waals surface area contributed by atoms with Crippen molar-refractivity contribution >= 4 is 28.9 Å². The van der Waals surface area contributed by atoms with E-state index >= 15 is 0 Å². The number of quaternary nitrogens is 1. The predicted octanol–water partition coefficient (Wildman–Crippen LogP) is 0.761. The van der Waals surface area contributed by atoms with Crippen molar-refractivity contribution in [1.82, 2.24) is 9.88 Å². The number of aryl methyl sites for hydroxylation is 1.